The van der Waals surface area contributed by atoms with Crippen LogP contribution < -0.4 is 4.57 Å². The smallest absolute Gasteiger partial charge is 0.201 e. The third kappa shape index (κ3) is 1.89. The van der Waals surface area contributed by atoms with Crippen LogP contribution in [0.2, 0.25) is 0 Å². The number of pyridine rings is 1. The van der Waals surface area contributed by atoms with E-state index in [1.807, 2.05) is 0 Å². The lowest BCUT2D eigenvalue weighted by molar-refractivity contribution is -0.660. The van der Waals surface area contributed by atoms with Gasteiger partial charge in [0.05, 0.1) is 0 Å². The normalized spacial score (nSPS) is 12.1. The second-order valence-corrected chi connectivity index (χ2v) is 6.31. The summed E-state index contributed by atoms with van der Waals surface area (Å²) in [4.78, 5) is 0. The second kappa shape index (κ2) is 4.81. The van der Waals surface area contributed by atoms with Gasteiger partial charge in [-0.3, -0.25) is 0 Å². The van der Waals surface area contributed by atoms with Crippen molar-refractivity contribution < 1.29 is 4.57 Å². The van der Waals surface area contributed by atoms with Gasteiger partial charge >= 0.3 is 0 Å². The molecule has 2 aromatic carbocycles. The number of fused-ring (bicyclic) bond motifs is 3. The predicted octanol–water partition coefficient (Wildman–Crippen LogP) is 4.37. The van der Waals surface area contributed by atoms with Gasteiger partial charge in [-0.15, -0.1) is 0 Å². The predicted molar refractivity (Wildman–Crippen MR) is 90.8 cm³/mol. The zero-order chi connectivity index (χ0) is 15.3. The van der Waals surface area contributed by atoms with Gasteiger partial charge in [0, 0.05) is 17.7 Å². The molecule has 1 aliphatic rings. The molecule has 0 amide bonds. The maximum atomic E-state index is 2.31. The van der Waals surface area contributed by atoms with Gasteiger partial charge in [-0.25, -0.2) is 4.57 Å². The summed E-state index contributed by atoms with van der Waals surface area (Å²) in [6, 6.07) is 17.8. The van der Waals surface area contributed by atoms with Crippen LogP contribution in [0.1, 0.15) is 22.3 Å². The van der Waals surface area contributed by atoms with E-state index in [9.17, 15) is 0 Å². The van der Waals surface area contributed by atoms with Crippen LogP contribution in [0, 0.1) is 13.8 Å². The van der Waals surface area contributed by atoms with Crippen molar-refractivity contribution in [2.75, 3.05) is 0 Å². The van der Waals surface area contributed by atoms with Gasteiger partial charge in [-0.1, -0.05) is 30.3 Å². The Morgan fingerprint density at radius 3 is 2.55 bits per heavy atom. The molecule has 0 radical (unpaired) electrons. The van der Waals surface area contributed by atoms with Crippen LogP contribution in [-0.4, -0.2) is 0 Å². The summed E-state index contributed by atoms with van der Waals surface area (Å²) in [5, 5.41) is 0. The largest absolute Gasteiger partial charge is 0.212 e. The minimum absolute atomic E-state index is 1.06. The van der Waals surface area contributed by atoms with E-state index in [4.69, 9.17) is 0 Å². The van der Waals surface area contributed by atoms with Gasteiger partial charge in [0.15, 0.2) is 6.20 Å². The van der Waals surface area contributed by atoms with E-state index in [1.165, 1.54) is 44.6 Å². The van der Waals surface area contributed by atoms with Crippen molar-refractivity contribution in [3.63, 3.8) is 0 Å². The van der Waals surface area contributed by atoms with Gasteiger partial charge in [0.2, 0.25) is 5.69 Å². The molecule has 0 saturated carbocycles. The van der Waals surface area contributed by atoms with Crippen molar-refractivity contribution >= 4 is 0 Å². The van der Waals surface area contributed by atoms with Crippen LogP contribution in [0.5, 0.6) is 0 Å². The summed E-state index contributed by atoms with van der Waals surface area (Å²) in [6.45, 7) is 4.42. The topological polar surface area (TPSA) is 3.88 Å². The Hall–Kier alpha value is -2.41. The summed E-state index contributed by atoms with van der Waals surface area (Å²) >= 11 is 0. The maximum absolute atomic E-state index is 2.31. The Balaban J connectivity index is 1.98. The number of hydrogen-bond donors (Lipinski definition) is 0. The first kappa shape index (κ1) is 13.3. The number of rotatable bonds is 1. The molecule has 1 heteroatoms. The molecule has 22 heavy (non-hydrogen) atoms. The highest BCUT2D eigenvalue weighted by Gasteiger charge is 2.23. The van der Waals surface area contributed by atoms with Crippen LogP contribution in [-0.2, 0) is 13.5 Å². The molecular formula is C21H20N+. The lowest BCUT2D eigenvalue weighted by Crippen LogP contribution is -2.30. The van der Waals surface area contributed by atoms with Crippen LogP contribution >= 0.6 is 0 Å². The number of benzene rings is 2. The molecule has 3 aromatic rings. The molecule has 1 heterocycles. The zero-order valence-electron chi connectivity index (χ0n) is 13.4. The molecule has 108 valence electrons. The first-order chi connectivity index (χ1) is 10.6. The molecule has 0 atom stereocenters. The molecule has 4 rings (SSSR count). The summed E-state index contributed by atoms with van der Waals surface area (Å²) in [5.74, 6) is 0. The van der Waals surface area contributed by atoms with E-state index in [1.54, 1.807) is 0 Å². The fourth-order valence-corrected chi connectivity index (χ4v) is 3.63. The first-order valence-electron chi connectivity index (χ1n) is 7.82. The minimum Gasteiger partial charge on any atom is -0.201 e. The van der Waals surface area contributed by atoms with E-state index in [0.29, 0.717) is 0 Å². The minimum atomic E-state index is 1.06. The number of aromatic nitrogens is 1. The van der Waals surface area contributed by atoms with Gasteiger partial charge in [0.25, 0.3) is 0 Å². The van der Waals surface area contributed by atoms with Crippen LogP contribution in [0.15, 0.2) is 54.7 Å². The SMILES string of the molecule is Cc1cc[n+](C)c(-c2ccc3c(c2C)-c2ccccc2C3)c1. The highest BCUT2D eigenvalue weighted by molar-refractivity contribution is 5.84. The quantitative estimate of drug-likeness (QED) is 0.458. The van der Waals surface area contributed by atoms with Gasteiger partial charge in [0.1, 0.15) is 7.05 Å². The number of nitrogens with zero attached hydrogens (tertiary/aromatic N) is 1. The Morgan fingerprint density at radius 2 is 1.68 bits per heavy atom. The van der Waals surface area contributed by atoms with E-state index >= 15 is 0 Å². The van der Waals surface area contributed by atoms with E-state index < -0.39 is 0 Å². The van der Waals surface area contributed by atoms with Crippen LogP contribution in [0.4, 0.5) is 0 Å². The Morgan fingerprint density at radius 1 is 0.864 bits per heavy atom. The monoisotopic (exact) mass is 286 g/mol. The van der Waals surface area contributed by atoms with Crippen molar-refractivity contribution in [1.82, 2.24) is 0 Å². The van der Waals surface area contributed by atoms with E-state index in [-0.39, 0.29) is 0 Å². The first-order valence-corrected chi connectivity index (χ1v) is 7.82. The maximum Gasteiger partial charge on any atom is 0.212 e. The lowest BCUT2D eigenvalue weighted by atomic mass is 9.94. The van der Waals surface area contributed by atoms with E-state index in [2.05, 4.69) is 80.2 Å². The van der Waals surface area contributed by atoms with Crippen molar-refractivity contribution in [2.45, 2.75) is 20.3 Å². The van der Waals surface area contributed by atoms with Crippen molar-refractivity contribution in [2.24, 2.45) is 7.05 Å². The molecule has 1 aliphatic carbocycles. The third-order valence-electron chi connectivity index (χ3n) is 4.80. The summed E-state index contributed by atoms with van der Waals surface area (Å²) in [5.41, 5.74) is 11.1. The standard InChI is InChI=1S/C21H20N/c1-14-10-11-22(3)20(12-14)18-9-8-17-13-16-6-4-5-7-19(16)21(17)15(18)2/h4-12H,13H2,1-3H3/q+1. The van der Waals surface area contributed by atoms with Gasteiger partial charge in [-0.2, -0.15) is 0 Å². The molecular weight excluding hydrogens is 266 g/mol. The highest BCUT2D eigenvalue weighted by Crippen LogP contribution is 2.41. The molecule has 0 spiro atoms. The fraction of sp³-hybridized carbons (Fsp3) is 0.190. The van der Waals surface area contributed by atoms with Crippen molar-refractivity contribution in [3.8, 4) is 22.4 Å². The average molecular weight is 286 g/mol. The van der Waals surface area contributed by atoms with Gasteiger partial charge in [-0.05, 0) is 59.7 Å². The number of hydrogen-bond acceptors (Lipinski definition) is 0. The van der Waals surface area contributed by atoms with Crippen LogP contribution in [0.3, 0.4) is 0 Å². The molecule has 0 saturated heterocycles. The van der Waals surface area contributed by atoms with E-state index in [0.717, 1.165) is 6.42 Å². The molecule has 1 nitrogen and oxygen atoms in total. The second-order valence-electron chi connectivity index (χ2n) is 6.31. The summed E-state index contributed by atoms with van der Waals surface area (Å²) < 4.78 is 2.21. The summed E-state index contributed by atoms with van der Waals surface area (Å²) in [6.07, 6.45) is 3.21. The highest BCUT2D eigenvalue weighted by atomic mass is 14.9. The van der Waals surface area contributed by atoms with Crippen LogP contribution in [0.25, 0.3) is 22.4 Å². The molecule has 1 aromatic heterocycles. The van der Waals surface area contributed by atoms with Crippen molar-refractivity contribution in [3.05, 3.63) is 77.0 Å². The van der Waals surface area contributed by atoms with Gasteiger partial charge < -0.3 is 0 Å². The molecule has 0 unspecified atom stereocenters. The fourth-order valence-electron chi connectivity index (χ4n) is 3.63. The van der Waals surface area contributed by atoms with Crippen molar-refractivity contribution in [1.29, 1.82) is 0 Å². The Bertz CT molecular complexity index is 890. The molecule has 0 N–H and O–H groups in total. The number of aryl methyl sites for hydroxylation is 2. The molecule has 0 bridgehead atoms. The third-order valence-corrected chi connectivity index (χ3v) is 4.80. The Kier molecular flexibility index (Phi) is 2.90. The molecule has 0 fully saturated rings. The average Bonchev–Trinajstić information content (AvgIpc) is 2.90. The molecule has 0 aliphatic heterocycles. The lowest BCUT2D eigenvalue weighted by Gasteiger charge is -2.11. The Labute approximate surface area is 131 Å². The summed E-state index contributed by atoms with van der Waals surface area (Å²) in [7, 11) is 2.12. The zero-order valence-corrected chi connectivity index (χ0v) is 13.4.